The zero-order valence-corrected chi connectivity index (χ0v) is 16.6. The summed E-state index contributed by atoms with van der Waals surface area (Å²) in [5.41, 5.74) is 2.71. The summed E-state index contributed by atoms with van der Waals surface area (Å²) in [6.45, 7) is 4.18. The molecule has 6 nitrogen and oxygen atoms in total. The van der Waals surface area contributed by atoms with Crippen molar-refractivity contribution in [1.82, 2.24) is 15.1 Å². The Hall–Kier alpha value is -3.41. The van der Waals surface area contributed by atoms with Crippen molar-refractivity contribution < 1.29 is 4.79 Å². The number of piperazine rings is 1. The van der Waals surface area contributed by atoms with E-state index in [0.29, 0.717) is 12.2 Å². The van der Waals surface area contributed by atoms with Crippen LogP contribution in [0.4, 0.5) is 11.5 Å². The third-order valence-corrected chi connectivity index (χ3v) is 5.20. The number of para-hydroxylation sites is 1. The van der Waals surface area contributed by atoms with Crippen LogP contribution < -0.4 is 9.80 Å². The highest BCUT2D eigenvalue weighted by molar-refractivity contribution is 5.92. The second-order valence-electron chi connectivity index (χ2n) is 7.23. The van der Waals surface area contributed by atoms with Gasteiger partial charge < -0.3 is 14.7 Å². The Morgan fingerprint density at radius 3 is 2.07 bits per heavy atom. The van der Waals surface area contributed by atoms with Crippen molar-refractivity contribution in [3.8, 4) is 0 Å². The third kappa shape index (κ3) is 4.54. The molecule has 1 aliphatic heterocycles. The van der Waals surface area contributed by atoms with Gasteiger partial charge in [0.2, 0.25) is 0 Å². The van der Waals surface area contributed by atoms with Crippen molar-refractivity contribution in [3.05, 3.63) is 84.1 Å². The Morgan fingerprint density at radius 1 is 0.828 bits per heavy atom. The molecule has 0 saturated carbocycles. The molecular weight excluding hydrogens is 362 g/mol. The van der Waals surface area contributed by atoms with Gasteiger partial charge in [-0.05, 0) is 29.8 Å². The topological polar surface area (TPSA) is 52.6 Å². The van der Waals surface area contributed by atoms with Gasteiger partial charge in [0.25, 0.3) is 5.91 Å². The number of rotatable bonds is 5. The average molecular weight is 387 g/mol. The Bertz CT molecular complexity index is 923. The van der Waals surface area contributed by atoms with E-state index in [4.69, 9.17) is 0 Å². The van der Waals surface area contributed by atoms with Crippen molar-refractivity contribution in [3.63, 3.8) is 0 Å². The van der Waals surface area contributed by atoms with E-state index in [2.05, 4.69) is 44.3 Å². The first-order chi connectivity index (χ1) is 14.2. The maximum Gasteiger partial charge on any atom is 0.274 e. The van der Waals surface area contributed by atoms with Crippen molar-refractivity contribution in [1.29, 1.82) is 0 Å². The fourth-order valence-electron chi connectivity index (χ4n) is 3.57. The number of benzene rings is 2. The van der Waals surface area contributed by atoms with Gasteiger partial charge in [0.05, 0.1) is 0 Å². The summed E-state index contributed by atoms with van der Waals surface area (Å²) in [5.74, 6) is 0.696. The Morgan fingerprint density at radius 2 is 1.45 bits per heavy atom. The zero-order valence-electron chi connectivity index (χ0n) is 16.6. The standard InChI is InChI=1S/C23H25N5O/c1-26(18-19-8-4-2-5-9-19)23(29)21-12-13-22(25-24-21)28-16-14-27(15-17-28)20-10-6-3-7-11-20/h2-13H,14-18H2,1H3. The number of aromatic nitrogens is 2. The first kappa shape index (κ1) is 18.9. The fourth-order valence-corrected chi connectivity index (χ4v) is 3.57. The molecule has 6 heteroatoms. The van der Waals surface area contributed by atoms with Gasteiger partial charge in [0.15, 0.2) is 11.5 Å². The molecule has 1 aromatic heterocycles. The van der Waals surface area contributed by atoms with E-state index >= 15 is 0 Å². The fraction of sp³-hybridized carbons (Fsp3) is 0.261. The lowest BCUT2D eigenvalue weighted by atomic mass is 10.2. The van der Waals surface area contributed by atoms with Gasteiger partial charge in [-0.2, -0.15) is 0 Å². The second-order valence-corrected chi connectivity index (χ2v) is 7.23. The lowest BCUT2D eigenvalue weighted by Gasteiger charge is -2.36. The molecule has 1 aliphatic rings. The number of carbonyl (C=O) groups is 1. The molecule has 0 unspecified atom stereocenters. The van der Waals surface area contributed by atoms with Crippen molar-refractivity contribution in [2.24, 2.45) is 0 Å². The molecule has 0 radical (unpaired) electrons. The van der Waals surface area contributed by atoms with Crippen molar-refractivity contribution in [2.45, 2.75) is 6.54 Å². The number of carbonyl (C=O) groups excluding carboxylic acids is 1. The Balaban J connectivity index is 1.35. The van der Waals surface area contributed by atoms with E-state index in [0.717, 1.165) is 37.6 Å². The maximum atomic E-state index is 12.6. The SMILES string of the molecule is CN(Cc1ccccc1)C(=O)c1ccc(N2CCN(c3ccccc3)CC2)nn1. The van der Waals surface area contributed by atoms with E-state index in [1.807, 2.05) is 42.5 Å². The van der Waals surface area contributed by atoms with Crippen LogP contribution in [0.3, 0.4) is 0 Å². The lowest BCUT2D eigenvalue weighted by molar-refractivity contribution is 0.0778. The van der Waals surface area contributed by atoms with Crippen LogP contribution in [-0.4, -0.2) is 54.2 Å². The van der Waals surface area contributed by atoms with Gasteiger partial charge in [-0.3, -0.25) is 4.79 Å². The van der Waals surface area contributed by atoms with E-state index in [-0.39, 0.29) is 5.91 Å². The highest BCUT2D eigenvalue weighted by atomic mass is 16.2. The van der Waals surface area contributed by atoms with E-state index < -0.39 is 0 Å². The number of hydrogen-bond acceptors (Lipinski definition) is 5. The summed E-state index contributed by atoms with van der Waals surface area (Å²) >= 11 is 0. The smallest absolute Gasteiger partial charge is 0.274 e. The monoisotopic (exact) mass is 387 g/mol. The molecule has 1 fully saturated rings. The molecule has 1 saturated heterocycles. The molecule has 0 bridgehead atoms. The Kier molecular flexibility index (Phi) is 5.70. The molecule has 3 aromatic rings. The predicted molar refractivity (Wildman–Crippen MR) is 115 cm³/mol. The molecule has 2 aromatic carbocycles. The molecule has 2 heterocycles. The van der Waals surface area contributed by atoms with E-state index in [1.54, 1.807) is 18.0 Å². The highest BCUT2D eigenvalue weighted by Gasteiger charge is 2.20. The lowest BCUT2D eigenvalue weighted by Crippen LogP contribution is -2.46. The molecule has 29 heavy (non-hydrogen) atoms. The van der Waals surface area contributed by atoms with Crippen LogP contribution in [0.15, 0.2) is 72.8 Å². The van der Waals surface area contributed by atoms with Crippen LogP contribution in [-0.2, 0) is 6.54 Å². The minimum Gasteiger partial charge on any atom is -0.368 e. The summed E-state index contributed by atoms with van der Waals surface area (Å²) in [5, 5.41) is 8.52. The summed E-state index contributed by atoms with van der Waals surface area (Å²) in [6, 6.07) is 24.1. The van der Waals surface area contributed by atoms with E-state index in [9.17, 15) is 4.79 Å². The molecule has 1 amide bonds. The first-order valence-electron chi connectivity index (χ1n) is 9.89. The second kappa shape index (κ2) is 8.73. The van der Waals surface area contributed by atoms with Crippen molar-refractivity contribution >= 4 is 17.4 Å². The van der Waals surface area contributed by atoms with Gasteiger partial charge in [0, 0.05) is 45.5 Å². The summed E-state index contributed by atoms with van der Waals surface area (Å²) in [4.78, 5) is 18.9. The maximum absolute atomic E-state index is 12.6. The van der Waals surface area contributed by atoms with Crippen LogP contribution in [0.1, 0.15) is 16.1 Å². The van der Waals surface area contributed by atoms with Gasteiger partial charge in [0.1, 0.15) is 0 Å². The highest BCUT2D eigenvalue weighted by Crippen LogP contribution is 2.19. The molecule has 4 rings (SSSR count). The number of anilines is 2. The quantitative estimate of drug-likeness (QED) is 0.673. The van der Waals surface area contributed by atoms with Crippen LogP contribution in [0.2, 0.25) is 0 Å². The molecule has 0 atom stereocenters. The van der Waals surface area contributed by atoms with Crippen LogP contribution in [0.5, 0.6) is 0 Å². The van der Waals surface area contributed by atoms with Gasteiger partial charge in [-0.15, -0.1) is 10.2 Å². The first-order valence-corrected chi connectivity index (χ1v) is 9.89. The van der Waals surface area contributed by atoms with E-state index in [1.165, 1.54) is 5.69 Å². The normalized spacial score (nSPS) is 14.0. The van der Waals surface area contributed by atoms with Gasteiger partial charge >= 0.3 is 0 Å². The molecule has 148 valence electrons. The summed E-state index contributed by atoms with van der Waals surface area (Å²) in [7, 11) is 1.79. The molecule has 0 spiro atoms. The zero-order chi connectivity index (χ0) is 20.1. The number of amides is 1. The van der Waals surface area contributed by atoms with Crippen molar-refractivity contribution in [2.75, 3.05) is 43.0 Å². The predicted octanol–water partition coefficient (Wildman–Crippen LogP) is 3.08. The molecule has 0 aliphatic carbocycles. The summed E-state index contributed by atoms with van der Waals surface area (Å²) in [6.07, 6.45) is 0. The Labute approximate surface area is 171 Å². The summed E-state index contributed by atoms with van der Waals surface area (Å²) < 4.78 is 0. The van der Waals surface area contributed by atoms with Crippen LogP contribution in [0, 0.1) is 0 Å². The number of nitrogens with zero attached hydrogens (tertiary/aromatic N) is 5. The average Bonchev–Trinajstić information content (AvgIpc) is 2.80. The molecule has 0 N–H and O–H groups in total. The largest absolute Gasteiger partial charge is 0.368 e. The van der Waals surface area contributed by atoms with Crippen LogP contribution >= 0.6 is 0 Å². The van der Waals surface area contributed by atoms with Gasteiger partial charge in [-0.25, -0.2) is 0 Å². The van der Waals surface area contributed by atoms with Crippen LogP contribution in [0.25, 0.3) is 0 Å². The number of hydrogen-bond donors (Lipinski definition) is 0. The minimum absolute atomic E-state index is 0.123. The minimum atomic E-state index is -0.123. The molecular formula is C23H25N5O. The third-order valence-electron chi connectivity index (χ3n) is 5.20. The van der Waals surface area contributed by atoms with Gasteiger partial charge in [-0.1, -0.05) is 48.5 Å².